The summed E-state index contributed by atoms with van der Waals surface area (Å²) in [5, 5.41) is 5.43. The first-order chi connectivity index (χ1) is 18.5. The summed E-state index contributed by atoms with van der Waals surface area (Å²) in [6, 6.07) is 17.8. The summed E-state index contributed by atoms with van der Waals surface area (Å²) in [6.07, 6.45) is 2.88. The first-order valence-corrected chi connectivity index (χ1v) is 11.9. The molecule has 0 bridgehead atoms. The molecule has 1 atom stereocenters. The van der Waals surface area contributed by atoms with Crippen molar-refractivity contribution in [3.05, 3.63) is 102 Å². The molecule has 10 nitrogen and oxygen atoms in total. The maximum atomic E-state index is 13.7. The predicted molar refractivity (Wildman–Crippen MR) is 136 cm³/mol. The van der Waals surface area contributed by atoms with Gasteiger partial charge in [-0.15, -0.1) is 0 Å². The number of fused-ring (bicyclic) bond motifs is 1. The number of furan rings is 2. The average molecular weight is 516 g/mol. The quantitative estimate of drug-likeness (QED) is 0.348. The van der Waals surface area contributed by atoms with E-state index in [1.54, 1.807) is 48.5 Å². The van der Waals surface area contributed by atoms with Crippen molar-refractivity contribution in [3.63, 3.8) is 0 Å². The van der Waals surface area contributed by atoms with Crippen LogP contribution in [0, 0.1) is 6.92 Å². The van der Waals surface area contributed by atoms with Crippen molar-refractivity contribution in [2.45, 2.75) is 19.5 Å². The van der Waals surface area contributed by atoms with E-state index >= 15 is 0 Å². The third kappa shape index (κ3) is 5.39. The highest BCUT2D eigenvalue weighted by Gasteiger charge is 2.34. The molecule has 0 saturated carbocycles. The molecule has 1 aliphatic rings. The van der Waals surface area contributed by atoms with E-state index in [-0.39, 0.29) is 25.6 Å². The Labute approximate surface area is 218 Å². The van der Waals surface area contributed by atoms with Gasteiger partial charge >= 0.3 is 0 Å². The number of carbonyl (C=O) groups excluding carboxylic acids is 3. The number of anilines is 1. The number of rotatable bonds is 9. The van der Waals surface area contributed by atoms with Crippen LogP contribution in [-0.4, -0.2) is 31.1 Å². The van der Waals surface area contributed by atoms with Crippen LogP contribution < -0.4 is 25.0 Å². The molecular formula is C28H25N3O7. The maximum absolute atomic E-state index is 13.7. The standard InChI is InChI=1S/C28H25N3O7/c1-18-6-8-19(9-7-18)26(28(34)29-15-21-4-2-12-35-21)31(20-10-11-22-24(14-20)38-17-37-22)25(32)16-30-27(33)23-5-3-13-36-23/h2-14,26H,15-17H2,1H3,(H,29,34)(H,30,33). The summed E-state index contributed by atoms with van der Waals surface area (Å²) in [5.74, 6) is 0.0886. The summed E-state index contributed by atoms with van der Waals surface area (Å²) in [6.45, 7) is 1.73. The Bertz CT molecular complexity index is 1410. The molecule has 1 unspecified atom stereocenters. The third-order valence-electron chi connectivity index (χ3n) is 5.96. The van der Waals surface area contributed by atoms with Crippen molar-refractivity contribution in [2.24, 2.45) is 0 Å². The van der Waals surface area contributed by atoms with Crippen LogP contribution in [-0.2, 0) is 16.1 Å². The third-order valence-corrected chi connectivity index (χ3v) is 5.96. The number of benzene rings is 2. The van der Waals surface area contributed by atoms with E-state index in [0.717, 1.165) is 5.56 Å². The molecule has 2 aromatic carbocycles. The van der Waals surface area contributed by atoms with Crippen molar-refractivity contribution >= 4 is 23.4 Å². The molecule has 10 heteroatoms. The lowest BCUT2D eigenvalue weighted by Crippen LogP contribution is -2.47. The number of aryl methyl sites for hydroxylation is 1. The zero-order valence-electron chi connectivity index (χ0n) is 20.5. The van der Waals surface area contributed by atoms with E-state index in [1.807, 2.05) is 19.1 Å². The van der Waals surface area contributed by atoms with Crippen molar-refractivity contribution in [1.82, 2.24) is 10.6 Å². The van der Waals surface area contributed by atoms with Crippen LogP contribution in [0.1, 0.15) is 33.5 Å². The van der Waals surface area contributed by atoms with Gasteiger partial charge in [0.25, 0.3) is 5.91 Å². The lowest BCUT2D eigenvalue weighted by Gasteiger charge is -2.31. The van der Waals surface area contributed by atoms with E-state index in [4.69, 9.17) is 18.3 Å². The molecule has 3 amide bonds. The number of ether oxygens (including phenoxy) is 2. The van der Waals surface area contributed by atoms with Gasteiger partial charge in [-0.1, -0.05) is 29.8 Å². The molecule has 0 saturated heterocycles. The first kappa shape index (κ1) is 24.7. The Balaban J connectivity index is 1.49. The lowest BCUT2D eigenvalue weighted by molar-refractivity contribution is -0.126. The van der Waals surface area contributed by atoms with E-state index < -0.39 is 23.8 Å². The lowest BCUT2D eigenvalue weighted by atomic mass is 10.0. The fourth-order valence-electron chi connectivity index (χ4n) is 4.06. The van der Waals surface area contributed by atoms with E-state index in [9.17, 15) is 14.4 Å². The average Bonchev–Trinajstić information content (AvgIpc) is 3.72. The molecule has 0 spiro atoms. The molecule has 0 aliphatic carbocycles. The molecule has 2 N–H and O–H groups in total. The van der Waals surface area contributed by atoms with Gasteiger partial charge in [0.2, 0.25) is 18.6 Å². The monoisotopic (exact) mass is 515 g/mol. The molecule has 4 aromatic rings. The highest BCUT2D eigenvalue weighted by atomic mass is 16.7. The molecular weight excluding hydrogens is 490 g/mol. The molecule has 5 rings (SSSR count). The molecule has 194 valence electrons. The molecule has 2 aromatic heterocycles. The SMILES string of the molecule is Cc1ccc(C(C(=O)NCc2ccco2)N(C(=O)CNC(=O)c2ccco2)c2ccc3c(c2)OCO3)cc1. The minimum Gasteiger partial charge on any atom is -0.467 e. The van der Waals surface area contributed by atoms with Crippen LogP contribution >= 0.6 is 0 Å². The summed E-state index contributed by atoms with van der Waals surface area (Å²) in [7, 11) is 0. The molecule has 0 radical (unpaired) electrons. The number of carbonyl (C=O) groups is 3. The molecule has 38 heavy (non-hydrogen) atoms. The summed E-state index contributed by atoms with van der Waals surface area (Å²) in [4.78, 5) is 41.2. The van der Waals surface area contributed by atoms with Crippen LogP contribution in [0.5, 0.6) is 11.5 Å². The maximum Gasteiger partial charge on any atom is 0.287 e. The van der Waals surface area contributed by atoms with Gasteiger partial charge in [0.1, 0.15) is 11.8 Å². The van der Waals surface area contributed by atoms with Gasteiger partial charge < -0.3 is 28.9 Å². The second kappa shape index (κ2) is 11.0. The zero-order valence-corrected chi connectivity index (χ0v) is 20.5. The van der Waals surface area contributed by atoms with Gasteiger partial charge in [-0.3, -0.25) is 19.3 Å². The largest absolute Gasteiger partial charge is 0.467 e. The van der Waals surface area contributed by atoms with Crippen molar-refractivity contribution < 1.29 is 32.7 Å². The number of amides is 3. The smallest absolute Gasteiger partial charge is 0.287 e. The Hall–Kier alpha value is -4.99. The van der Waals surface area contributed by atoms with Crippen LogP contribution in [0.3, 0.4) is 0 Å². The minimum atomic E-state index is -1.07. The number of nitrogens with zero attached hydrogens (tertiary/aromatic N) is 1. The topological polar surface area (TPSA) is 123 Å². The van der Waals surface area contributed by atoms with Gasteiger partial charge in [0.05, 0.1) is 25.6 Å². The Morgan fingerprint density at radius 2 is 1.66 bits per heavy atom. The van der Waals surface area contributed by atoms with E-state index in [0.29, 0.717) is 28.5 Å². The van der Waals surface area contributed by atoms with Crippen LogP contribution in [0.2, 0.25) is 0 Å². The zero-order chi connectivity index (χ0) is 26.5. The van der Waals surface area contributed by atoms with Gasteiger partial charge in [-0.25, -0.2) is 0 Å². The van der Waals surface area contributed by atoms with Gasteiger partial charge in [0, 0.05) is 11.8 Å². The number of hydrogen-bond donors (Lipinski definition) is 2. The summed E-state index contributed by atoms with van der Waals surface area (Å²) in [5.41, 5.74) is 1.97. The molecule has 0 fully saturated rings. The second-order valence-corrected chi connectivity index (χ2v) is 8.57. The highest BCUT2D eigenvalue weighted by molar-refractivity contribution is 6.04. The predicted octanol–water partition coefficient (Wildman–Crippen LogP) is 3.73. The Morgan fingerprint density at radius 1 is 0.895 bits per heavy atom. The summed E-state index contributed by atoms with van der Waals surface area (Å²) < 4.78 is 21.4. The van der Waals surface area contributed by atoms with Gasteiger partial charge in [-0.2, -0.15) is 0 Å². The normalized spacial score (nSPS) is 12.6. The van der Waals surface area contributed by atoms with Crippen molar-refractivity contribution in [2.75, 3.05) is 18.2 Å². The van der Waals surface area contributed by atoms with Crippen LogP contribution in [0.25, 0.3) is 0 Å². The van der Waals surface area contributed by atoms with E-state index in [2.05, 4.69) is 10.6 Å². The second-order valence-electron chi connectivity index (χ2n) is 8.57. The number of hydrogen-bond acceptors (Lipinski definition) is 7. The van der Waals surface area contributed by atoms with Gasteiger partial charge in [-0.05, 0) is 48.9 Å². The van der Waals surface area contributed by atoms with E-state index in [1.165, 1.54) is 23.5 Å². The first-order valence-electron chi connectivity index (χ1n) is 11.9. The minimum absolute atomic E-state index is 0.0525. The van der Waals surface area contributed by atoms with Crippen molar-refractivity contribution in [1.29, 1.82) is 0 Å². The van der Waals surface area contributed by atoms with Gasteiger partial charge in [0.15, 0.2) is 17.3 Å². The van der Waals surface area contributed by atoms with Crippen LogP contribution in [0.4, 0.5) is 5.69 Å². The summed E-state index contributed by atoms with van der Waals surface area (Å²) >= 11 is 0. The fraction of sp³-hybridized carbons (Fsp3) is 0.179. The van der Waals surface area contributed by atoms with Crippen LogP contribution in [0.15, 0.2) is 88.1 Å². The molecule has 3 heterocycles. The van der Waals surface area contributed by atoms with Crippen molar-refractivity contribution in [3.8, 4) is 11.5 Å². The highest BCUT2D eigenvalue weighted by Crippen LogP contribution is 2.38. The Morgan fingerprint density at radius 3 is 2.39 bits per heavy atom. The number of nitrogens with one attached hydrogen (secondary N) is 2. The molecule has 1 aliphatic heterocycles. The fourth-order valence-corrected chi connectivity index (χ4v) is 4.06. The Kier molecular flexibility index (Phi) is 7.12.